The van der Waals surface area contributed by atoms with Crippen molar-refractivity contribution in [2.75, 3.05) is 17.7 Å². The number of ether oxygens (including phenoxy) is 1. The van der Waals surface area contributed by atoms with Crippen molar-refractivity contribution in [2.24, 2.45) is 0 Å². The number of nitrogens with one attached hydrogen (secondary N) is 1. The Balaban J connectivity index is 1.60. The predicted octanol–water partition coefficient (Wildman–Crippen LogP) is 6.51. The van der Waals surface area contributed by atoms with E-state index in [0.29, 0.717) is 28.3 Å². The van der Waals surface area contributed by atoms with Crippen LogP contribution in [0.2, 0.25) is 10.0 Å². The van der Waals surface area contributed by atoms with Gasteiger partial charge in [0.1, 0.15) is 11.6 Å². The van der Waals surface area contributed by atoms with Gasteiger partial charge < -0.3 is 10.1 Å². The molecule has 0 saturated heterocycles. The van der Waals surface area contributed by atoms with Gasteiger partial charge in [-0.3, -0.25) is 9.36 Å². The van der Waals surface area contributed by atoms with Gasteiger partial charge in [-0.05, 0) is 61.5 Å². The van der Waals surface area contributed by atoms with E-state index < -0.39 is 5.82 Å². The Labute approximate surface area is 210 Å². The van der Waals surface area contributed by atoms with Crippen LogP contribution in [-0.2, 0) is 4.79 Å². The maximum absolute atomic E-state index is 13.4. The number of benzene rings is 3. The molecular weight excluding hydrogens is 498 g/mol. The second-order valence-electron chi connectivity index (χ2n) is 7.04. The molecule has 0 fully saturated rings. The lowest BCUT2D eigenvalue weighted by atomic mass is 10.2. The van der Waals surface area contributed by atoms with Gasteiger partial charge in [0.2, 0.25) is 5.91 Å². The Hall–Kier alpha value is -3.07. The summed E-state index contributed by atoms with van der Waals surface area (Å²) in [5.41, 5.74) is 1.99. The van der Waals surface area contributed by atoms with Gasteiger partial charge in [0, 0.05) is 22.0 Å². The molecule has 0 aliphatic carbocycles. The van der Waals surface area contributed by atoms with E-state index in [1.807, 2.05) is 47.9 Å². The average molecular weight is 517 g/mol. The first-order valence-corrected chi connectivity index (χ1v) is 12.0. The number of hydrogen-bond acceptors (Lipinski definition) is 5. The molecule has 0 saturated carbocycles. The number of anilines is 1. The molecule has 0 spiro atoms. The van der Waals surface area contributed by atoms with Crippen molar-refractivity contribution in [3.05, 3.63) is 82.6 Å². The molecule has 4 rings (SSSR count). The Morgan fingerprint density at radius 3 is 2.59 bits per heavy atom. The molecule has 0 aliphatic heterocycles. The van der Waals surface area contributed by atoms with Crippen LogP contribution in [0.4, 0.5) is 10.1 Å². The largest absolute Gasteiger partial charge is 0.494 e. The van der Waals surface area contributed by atoms with Crippen molar-refractivity contribution in [2.45, 2.75) is 12.1 Å². The Kier molecular flexibility index (Phi) is 7.72. The molecule has 1 amide bonds. The van der Waals surface area contributed by atoms with E-state index in [0.717, 1.165) is 17.0 Å². The molecule has 0 aliphatic rings. The van der Waals surface area contributed by atoms with Crippen molar-refractivity contribution >= 4 is 46.6 Å². The first kappa shape index (κ1) is 24.1. The zero-order chi connectivity index (χ0) is 24.1. The fourth-order valence-corrected chi connectivity index (χ4v) is 4.29. The maximum atomic E-state index is 13.4. The van der Waals surface area contributed by atoms with Gasteiger partial charge in [0.05, 0.1) is 17.4 Å². The van der Waals surface area contributed by atoms with Crippen LogP contribution in [0, 0.1) is 5.82 Å². The van der Waals surface area contributed by atoms with E-state index in [1.165, 1.54) is 30.0 Å². The molecule has 4 aromatic rings. The van der Waals surface area contributed by atoms with Crippen LogP contribution in [-0.4, -0.2) is 33.0 Å². The van der Waals surface area contributed by atoms with E-state index in [9.17, 15) is 9.18 Å². The van der Waals surface area contributed by atoms with Crippen LogP contribution >= 0.6 is 35.0 Å². The van der Waals surface area contributed by atoms with Crippen molar-refractivity contribution in [3.8, 4) is 22.8 Å². The van der Waals surface area contributed by atoms with Gasteiger partial charge >= 0.3 is 0 Å². The van der Waals surface area contributed by atoms with Crippen LogP contribution < -0.4 is 10.1 Å². The number of carbonyl (C=O) groups excluding carboxylic acids is 1. The topological polar surface area (TPSA) is 69.0 Å². The van der Waals surface area contributed by atoms with Gasteiger partial charge in [0.15, 0.2) is 11.0 Å². The first-order chi connectivity index (χ1) is 16.4. The van der Waals surface area contributed by atoms with E-state index in [1.54, 1.807) is 12.1 Å². The maximum Gasteiger partial charge on any atom is 0.234 e. The summed E-state index contributed by atoms with van der Waals surface area (Å²) in [6.45, 7) is 2.49. The normalized spacial score (nSPS) is 10.8. The van der Waals surface area contributed by atoms with Gasteiger partial charge in [-0.2, -0.15) is 0 Å². The highest BCUT2D eigenvalue weighted by Gasteiger charge is 2.18. The van der Waals surface area contributed by atoms with Crippen LogP contribution in [0.15, 0.2) is 71.9 Å². The average Bonchev–Trinajstić information content (AvgIpc) is 3.25. The summed E-state index contributed by atoms with van der Waals surface area (Å²) in [6.07, 6.45) is 0. The lowest BCUT2D eigenvalue weighted by Gasteiger charge is -2.12. The SMILES string of the molecule is CCOc1ccc(-n2c(SCC(=O)Nc3ccc(F)c(Cl)c3)nnc2-c2cccc(Cl)c2)cc1. The number of halogens is 3. The molecule has 1 heterocycles. The zero-order valence-electron chi connectivity index (χ0n) is 18.0. The number of hydrogen-bond donors (Lipinski definition) is 1. The smallest absolute Gasteiger partial charge is 0.234 e. The lowest BCUT2D eigenvalue weighted by molar-refractivity contribution is -0.113. The Morgan fingerprint density at radius 2 is 1.88 bits per heavy atom. The third-order valence-electron chi connectivity index (χ3n) is 4.66. The third kappa shape index (κ3) is 5.70. The molecule has 174 valence electrons. The highest BCUT2D eigenvalue weighted by atomic mass is 35.5. The molecule has 34 heavy (non-hydrogen) atoms. The van der Waals surface area contributed by atoms with Gasteiger partial charge in [-0.25, -0.2) is 4.39 Å². The number of thioether (sulfide) groups is 1. The number of amides is 1. The fourth-order valence-electron chi connectivity index (χ4n) is 3.17. The Bertz CT molecular complexity index is 1310. The van der Waals surface area contributed by atoms with E-state index in [4.69, 9.17) is 27.9 Å². The van der Waals surface area contributed by atoms with Crippen LogP contribution in [0.25, 0.3) is 17.1 Å². The van der Waals surface area contributed by atoms with Crippen molar-refractivity contribution in [1.82, 2.24) is 14.8 Å². The summed E-state index contributed by atoms with van der Waals surface area (Å²) in [4.78, 5) is 12.5. The quantitative estimate of drug-likeness (QED) is 0.270. The lowest BCUT2D eigenvalue weighted by Crippen LogP contribution is -2.14. The van der Waals surface area contributed by atoms with E-state index in [-0.39, 0.29) is 16.7 Å². The third-order valence-corrected chi connectivity index (χ3v) is 6.11. The minimum Gasteiger partial charge on any atom is -0.494 e. The van der Waals surface area contributed by atoms with E-state index in [2.05, 4.69) is 15.5 Å². The van der Waals surface area contributed by atoms with Crippen LogP contribution in [0.1, 0.15) is 6.92 Å². The van der Waals surface area contributed by atoms with Crippen molar-refractivity contribution in [3.63, 3.8) is 0 Å². The number of carbonyl (C=O) groups is 1. The molecule has 0 atom stereocenters. The number of rotatable bonds is 8. The summed E-state index contributed by atoms with van der Waals surface area (Å²) in [5.74, 6) is 0.541. The molecule has 0 radical (unpaired) electrons. The Morgan fingerprint density at radius 1 is 1.09 bits per heavy atom. The molecule has 3 aromatic carbocycles. The van der Waals surface area contributed by atoms with Crippen molar-refractivity contribution < 1.29 is 13.9 Å². The minimum atomic E-state index is -0.550. The molecule has 1 N–H and O–H groups in total. The summed E-state index contributed by atoms with van der Waals surface area (Å²) in [5, 5.41) is 12.4. The summed E-state index contributed by atoms with van der Waals surface area (Å²) in [6, 6.07) is 18.8. The standard InChI is InChI=1S/C24H19Cl2FN4O2S/c1-2-33-19-9-7-18(8-10-19)31-23(15-4-3-5-16(25)12-15)29-30-24(31)34-14-22(32)28-17-6-11-21(27)20(26)13-17/h3-13H,2,14H2,1H3,(H,28,32). The zero-order valence-corrected chi connectivity index (χ0v) is 20.3. The number of aromatic nitrogens is 3. The summed E-state index contributed by atoms with van der Waals surface area (Å²) >= 11 is 13.2. The highest BCUT2D eigenvalue weighted by Crippen LogP contribution is 2.30. The van der Waals surface area contributed by atoms with Crippen molar-refractivity contribution in [1.29, 1.82) is 0 Å². The first-order valence-electron chi connectivity index (χ1n) is 10.3. The van der Waals surface area contributed by atoms with Gasteiger partial charge in [-0.15, -0.1) is 10.2 Å². The second-order valence-corrected chi connectivity index (χ2v) is 8.83. The number of nitrogens with zero attached hydrogens (tertiary/aromatic N) is 3. The highest BCUT2D eigenvalue weighted by molar-refractivity contribution is 7.99. The molecular formula is C24H19Cl2FN4O2S. The van der Waals surface area contributed by atoms with Gasteiger partial charge in [-0.1, -0.05) is 47.1 Å². The molecule has 0 bridgehead atoms. The monoisotopic (exact) mass is 516 g/mol. The summed E-state index contributed by atoms with van der Waals surface area (Å²) < 4.78 is 20.8. The van der Waals surface area contributed by atoms with Crippen LogP contribution in [0.5, 0.6) is 5.75 Å². The van der Waals surface area contributed by atoms with Crippen LogP contribution in [0.3, 0.4) is 0 Å². The fraction of sp³-hybridized carbons (Fsp3) is 0.125. The molecule has 10 heteroatoms. The molecule has 1 aromatic heterocycles. The second kappa shape index (κ2) is 10.9. The van der Waals surface area contributed by atoms with Gasteiger partial charge in [0.25, 0.3) is 0 Å². The molecule has 0 unspecified atom stereocenters. The van der Waals surface area contributed by atoms with E-state index >= 15 is 0 Å². The molecule has 6 nitrogen and oxygen atoms in total. The predicted molar refractivity (Wildman–Crippen MR) is 134 cm³/mol. The summed E-state index contributed by atoms with van der Waals surface area (Å²) in [7, 11) is 0. The minimum absolute atomic E-state index is 0.0553.